The monoisotopic (exact) mass is 259 g/mol. The van der Waals surface area contributed by atoms with Crippen LogP contribution in [0, 0.1) is 6.92 Å². The lowest BCUT2D eigenvalue weighted by Gasteiger charge is -2.43. The van der Waals surface area contributed by atoms with Crippen LogP contribution in [0.5, 0.6) is 0 Å². The highest BCUT2D eigenvalue weighted by Gasteiger charge is 2.36. The summed E-state index contributed by atoms with van der Waals surface area (Å²) in [6, 6.07) is 7.98. The van der Waals surface area contributed by atoms with Gasteiger partial charge in [0.2, 0.25) is 0 Å². The van der Waals surface area contributed by atoms with Crippen LogP contribution in [0.2, 0.25) is 0 Å². The highest BCUT2D eigenvalue weighted by molar-refractivity contribution is 5.53. The zero-order valence-corrected chi connectivity index (χ0v) is 11.1. The van der Waals surface area contributed by atoms with E-state index in [0.717, 1.165) is 11.1 Å². The first kappa shape index (κ1) is 12.3. The maximum atomic E-state index is 9.67. The quantitative estimate of drug-likeness (QED) is 0.907. The van der Waals surface area contributed by atoms with E-state index in [9.17, 15) is 5.11 Å². The van der Waals surface area contributed by atoms with E-state index in [1.165, 1.54) is 0 Å². The molecule has 5 heteroatoms. The molecule has 1 aliphatic heterocycles. The van der Waals surface area contributed by atoms with Gasteiger partial charge in [-0.2, -0.15) is 4.98 Å². The van der Waals surface area contributed by atoms with Crippen LogP contribution >= 0.6 is 0 Å². The van der Waals surface area contributed by atoms with Crippen LogP contribution < -0.4 is 0 Å². The second kappa shape index (κ2) is 4.43. The standard InChI is InChI=1S/C14H17N3O2/c1-10-4-3-5-11(6-10)13-15-12(16-19-13)7-17-8-14(2,18)9-17/h3-6,18H,7-9H2,1-2H3. The molecule has 1 aromatic heterocycles. The first-order valence-electron chi connectivity index (χ1n) is 6.36. The maximum Gasteiger partial charge on any atom is 0.257 e. The van der Waals surface area contributed by atoms with Crippen LogP contribution in [-0.4, -0.2) is 38.8 Å². The smallest absolute Gasteiger partial charge is 0.257 e. The number of likely N-dealkylation sites (tertiary alicyclic amines) is 1. The number of aryl methyl sites for hydroxylation is 1. The highest BCUT2D eigenvalue weighted by atomic mass is 16.5. The van der Waals surface area contributed by atoms with E-state index >= 15 is 0 Å². The van der Waals surface area contributed by atoms with Gasteiger partial charge in [0.15, 0.2) is 5.82 Å². The number of aliphatic hydroxyl groups is 1. The number of aromatic nitrogens is 2. The predicted molar refractivity (Wildman–Crippen MR) is 70.4 cm³/mol. The van der Waals surface area contributed by atoms with E-state index in [2.05, 4.69) is 15.0 Å². The third-order valence-corrected chi connectivity index (χ3v) is 3.23. The highest BCUT2D eigenvalue weighted by Crippen LogP contribution is 2.23. The third-order valence-electron chi connectivity index (χ3n) is 3.23. The summed E-state index contributed by atoms with van der Waals surface area (Å²) in [5.41, 5.74) is 1.54. The summed E-state index contributed by atoms with van der Waals surface area (Å²) in [5.74, 6) is 1.21. The van der Waals surface area contributed by atoms with Gasteiger partial charge in [0.25, 0.3) is 5.89 Å². The van der Waals surface area contributed by atoms with Crippen LogP contribution in [0.4, 0.5) is 0 Å². The number of rotatable bonds is 3. The fourth-order valence-electron chi connectivity index (χ4n) is 2.44. The molecule has 19 heavy (non-hydrogen) atoms. The van der Waals surface area contributed by atoms with E-state index in [-0.39, 0.29) is 0 Å². The zero-order chi connectivity index (χ0) is 13.5. The number of hydrogen-bond donors (Lipinski definition) is 1. The minimum absolute atomic E-state index is 0.547. The van der Waals surface area contributed by atoms with Gasteiger partial charge in [-0.1, -0.05) is 22.9 Å². The molecule has 2 aromatic rings. The van der Waals surface area contributed by atoms with Crippen molar-refractivity contribution in [3.63, 3.8) is 0 Å². The van der Waals surface area contributed by atoms with Crippen molar-refractivity contribution >= 4 is 0 Å². The summed E-state index contributed by atoms with van der Waals surface area (Å²) in [4.78, 5) is 6.48. The van der Waals surface area contributed by atoms with E-state index in [0.29, 0.717) is 31.3 Å². The summed E-state index contributed by atoms with van der Waals surface area (Å²) in [6.07, 6.45) is 0. The summed E-state index contributed by atoms with van der Waals surface area (Å²) in [6.45, 7) is 5.79. The molecule has 2 heterocycles. The van der Waals surface area contributed by atoms with Gasteiger partial charge in [0.05, 0.1) is 12.1 Å². The Morgan fingerprint density at radius 3 is 2.89 bits per heavy atom. The first-order chi connectivity index (χ1) is 9.02. The lowest BCUT2D eigenvalue weighted by atomic mass is 9.97. The van der Waals surface area contributed by atoms with Crippen LogP contribution in [-0.2, 0) is 6.54 Å². The van der Waals surface area contributed by atoms with Gasteiger partial charge in [-0.05, 0) is 26.0 Å². The minimum Gasteiger partial charge on any atom is -0.388 e. The molecule has 0 aliphatic carbocycles. The molecule has 0 radical (unpaired) electrons. The molecule has 0 saturated carbocycles. The van der Waals surface area contributed by atoms with E-state index in [1.807, 2.05) is 38.1 Å². The molecule has 1 saturated heterocycles. The summed E-state index contributed by atoms with van der Waals surface area (Å²) < 4.78 is 5.28. The number of benzene rings is 1. The molecule has 0 spiro atoms. The Balaban J connectivity index is 1.70. The van der Waals surface area contributed by atoms with Gasteiger partial charge in [0, 0.05) is 18.7 Å². The lowest BCUT2D eigenvalue weighted by molar-refractivity contribution is -0.0882. The molecule has 0 atom stereocenters. The first-order valence-corrected chi connectivity index (χ1v) is 6.36. The predicted octanol–water partition coefficient (Wildman–Crippen LogP) is 1.61. The third kappa shape index (κ3) is 2.67. The topological polar surface area (TPSA) is 62.4 Å². The Morgan fingerprint density at radius 1 is 1.42 bits per heavy atom. The van der Waals surface area contributed by atoms with Crippen LogP contribution in [0.15, 0.2) is 28.8 Å². The van der Waals surface area contributed by atoms with Crippen molar-refractivity contribution in [1.29, 1.82) is 0 Å². The van der Waals surface area contributed by atoms with E-state index in [4.69, 9.17) is 4.52 Å². The van der Waals surface area contributed by atoms with Crippen LogP contribution in [0.3, 0.4) is 0 Å². The largest absolute Gasteiger partial charge is 0.388 e. The molecule has 0 unspecified atom stereocenters. The van der Waals surface area contributed by atoms with Crippen LogP contribution in [0.25, 0.3) is 11.5 Å². The molecular weight excluding hydrogens is 242 g/mol. The Hall–Kier alpha value is -1.72. The van der Waals surface area contributed by atoms with Crippen molar-refractivity contribution < 1.29 is 9.63 Å². The van der Waals surface area contributed by atoms with Gasteiger partial charge in [0.1, 0.15) is 0 Å². The van der Waals surface area contributed by atoms with Crippen molar-refractivity contribution in [3.05, 3.63) is 35.7 Å². The number of β-amino-alcohol motifs (C(OH)–C–C–N with tert-alkyl or cyclic N) is 1. The lowest BCUT2D eigenvalue weighted by Crippen LogP contribution is -2.59. The second-order valence-corrected chi connectivity index (χ2v) is 5.53. The normalized spacial score (nSPS) is 18.3. The fourth-order valence-corrected chi connectivity index (χ4v) is 2.44. The Morgan fingerprint density at radius 2 is 2.21 bits per heavy atom. The molecule has 1 aliphatic rings. The molecule has 1 aromatic carbocycles. The van der Waals surface area contributed by atoms with Crippen molar-refractivity contribution in [3.8, 4) is 11.5 Å². The molecule has 0 bridgehead atoms. The van der Waals surface area contributed by atoms with Gasteiger partial charge in [-0.15, -0.1) is 0 Å². The molecule has 5 nitrogen and oxygen atoms in total. The minimum atomic E-state index is -0.566. The van der Waals surface area contributed by atoms with Crippen molar-refractivity contribution in [2.45, 2.75) is 26.0 Å². The summed E-state index contributed by atoms with van der Waals surface area (Å²) in [5, 5.41) is 13.7. The van der Waals surface area contributed by atoms with Crippen molar-refractivity contribution in [2.75, 3.05) is 13.1 Å². The van der Waals surface area contributed by atoms with E-state index in [1.54, 1.807) is 0 Å². The van der Waals surface area contributed by atoms with Crippen molar-refractivity contribution in [2.24, 2.45) is 0 Å². The molecule has 1 N–H and O–H groups in total. The number of nitrogens with zero attached hydrogens (tertiary/aromatic N) is 3. The summed E-state index contributed by atoms with van der Waals surface area (Å²) >= 11 is 0. The van der Waals surface area contributed by atoms with Gasteiger partial charge in [-0.25, -0.2) is 0 Å². The van der Waals surface area contributed by atoms with Gasteiger partial charge >= 0.3 is 0 Å². The Labute approximate surface area is 111 Å². The molecule has 1 fully saturated rings. The second-order valence-electron chi connectivity index (χ2n) is 5.53. The average Bonchev–Trinajstić information content (AvgIpc) is 2.75. The summed E-state index contributed by atoms with van der Waals surface area (Å²) in [7, 11) is 0. The number of hydrogen-bond acceptors (Lipinski definition) is 5. The fraction of sp³-hybridized carbons (Fsp3) is 0.429. The zero-order valence-electron chi connectivity index (χ0n) is 11.1. The SMILES string of the molecule is Cc1cccc(-c2nc(CN3CC(C)(O)C3)no2)c1. The van der Waals surface area contributed by atoms with Crippen LogP contribution in [0.1, 0.15) is 18.3 Å². The molecule has 3 rings (SSSR count). The Bertz CT molecular complexity index is 584. The molecule has 0 amide bonds. The average molecular weight is 259 g/mol. The van der Waals surface area contributed by atoms with Crippen molar-refractivity contribution in [1.82, 2.24) is 15.0 Å². The van der Waals surface area contributed by atoms with Gasteiger partial charge in [-0.3, -0.25) is 4.90 Å². The Kier molecular flexibility index (Phi) is 2.88. The van der Waals surface area contributed by atoms with E-state index < -0.39 is 5.60 Å². The molecule has 100 valence electrons. The molecular formula is C14H17N3O2. The van der Waals surface area contributed by atoms with Gasteiger partial charge < -0.3 is 9.63 Å². The maximum absolute atomic E-state index is 9.67.